The number of fused-ring (bicyclic) bond motifs is 1. The zero-order chi connectivity index (χ0) is 26.9. The van der Waals surface area contributed by atoms with E-state index in [1.807, 2.05) is 80.1 Å². The molecule has 1 saturated heterocycles. The summed E-state index contributed by atoms with van der Waals surface area (Å²) in [6.07, 6.45) is 2.40. The molecule has 9 nitrogen and oxygen atoms in total. The van der Waals surface area contributed by atoms with E-state index in [1.54, 1.807) is 12.0 Å². The van der Waals surface area contributed by atoms with E-state index in [0.717, 1.165) is 47.5 Å². The molecular formula is C29H35N5O4. The average molecular weight is 518 g/mol. The quantitative estimate of drug-likeness (QED) is 0.502. The maximum absolute atomic E-state index is 13.4. The van der Waals surface area contributed by atoms with Gasteiger partial charge in [0.15, 0.2) is 0 Å². The molecule has 0 unspecified atom stereocenters. The number of hydrogen-bond acceptors (Lipinski definition) is 5. The first-order valence-corrected chi connectivity index (χ1v) is 13.1. The summed E-state index contributed by atoms with van der Waals surface area (Å²) < 4.78 is 12.9. The molecule has 2 atom stereocenters. The Labute approximate surface area is 223 Å². The van der Waals surface area contributed by atoms with Crippen LogP contribution in [0.15, 0.2) is 54.6 Å². The molecule has 3 aromatic rings. The number of nitrogens with zero attached hydrogens (tertiary/aromatic N) is 3. The predicted octanol–water partition coefficient (Wildman–Crippen LogP) is 4.89. The third-order valence-corrected chi connectivity index (χ3v) is 6.95. The summed E-state index contributed by atoms with van der Waals surface area (Å²) in [5.41, 5.74) is 3.37. The van der Waals surface area contributed by atoms with Crippen molar-refractivity contribution < 1.29 is 19.1 Å². The van der Waals surface area contributed by atoms with E-state index in [1.165, 1.54) is 0 Å². The van der Waals surface area contributed by atoms with Gasteiger partial charge < -0.3 is 19.7 Å². The van der Waals surface area contributed by atoms with Gasteiger partial charge in [-0.1, -0.05) is 30.3 Å². The van der Waals surface area contributed by atoms with Crippen molar-refractivity contribution in [2.24, 2.45) is 0 Å². The van der Waals surface area contributed by atoms with Crippen LogP contribution in [0.25, 0.3) is 5.69 Å². The molecule has 1 aliphatic carbocycles. The highest BCUT2D eigenvalue weighted by molar-refractivity contribution is 5.90. The van der Waals surface area contributed by atoms with Crippen LogP contribution in [0.2, 0.25) is 0 Å². The highest BCUT2D eigenvalue weighted by atomic mass is 16.6. The van der Waals surface area contributed by atoms with Crippen LogP contribution in [-0.2, 0) is 17.6 Å². The molecule has 2 N–H and O–H groups in total. The number of benzene rings is 2. The van der Waals surface area contributed by atoms with Gasteiger partial charge in [-0.25, -0.2) is 14.3 Å². The van der Waals surface area contributed by atoms with E-state index in [4.69, 9.17) is 14.6 Å². The monoisotopic (exact) mass is 517 g/mol. The number of nitrogens with one attached hydrogen (secondary N) is 2. The second-order valence-electron chi connectivity index (χ2n) is 10.8. The van der Waals surface area contributed by atoms with Crippen molar-refractivity contribution in [3.8, 4) is 11.4 Å². The first-order chi connectivity index (χ1) is 18.2. The van der Waals surface area contributed by atoms with Crippen LogP contribution < -0.4 is 15.4 Å². The number of aryl methyl sites for hydroxylation is 1. The number of urea groups is 1. The number of carbonyl (C=O) groups is 2. The summed E-state index contributed by atoms with van der Waals surface area (Å²) in [6.45, 7) is 6.29. The van der Waals surface area contributed by atoms with Gasteiger partial charge in [0, 0.05) is 24.6 Å². The van der Waals surface area contributed by atoms with Gasteiger partial charge >= 0.3 is 12.1 Å². The fraction of sp³-hybridized carbons (Fsp3) is 0.414. The van der Waals surface area contributed by atoms with Crippen molar-refractivity contribution in [3.63, 3.8) is 0 Å². The number of para-hydroxylation sites is 1. The molecule has 0 spiro atoms. The lowest BCUT2D eigenvalue weighted by Crippen LogP contribution is -2.43. The molecule has 200 valence electrons. The van der Waals surface area contributed by atoms with Crippen LogP contribution in [0.5, 0.6) is 5.75 Å². The molecule has 2 aromatic carbocycles. The molecule has 1 fully saturated rings. The first kappa shape index (κ1) is 25.6. The molecule has 0 bridgehead atoms. The van der Waals surface area contributed by atoms with E-state index in [0.29, 0.717) is 18.9 Å². The van der Waals surface area contributed by atoms with Crippen molar-refractivity contribution in [1.82, 2.24) is 20.0 Å². The Morgan fingerprint density at radius 2 is 1.82 bits per heavy atom. The minimum Gasteiger partial charge on any atom is -0.497 e. The predicted molar refractivity (Wildman–Crippen MR) is 145 cm³/mol. The Bertz CT molecular complexity index is 1310. The molecule has 9 heteroatoms. The van der Waals surface area contributed by atoms with Crippen molar-refractivity contribution in [3.05, 3.63) is 71.4 Å². The lowest BCUT2D eigenvalue weighted by atomic mass is 9.94. The molecule has 2 aliphatic rings. The largest absolute Gasteiger partial charge is 0.497 e. The highest BCUT2D eigenvalue weighted by Gasteiger charge is 2.39. The molecule has 38 heavy (non-hydrogen) atoms. The van der Waals surface area contributed by atoms with Gasteiger partial charge in [0.05, 0.1) is 24.5 Å². The number of methoxy groups -OCH3 is 1. The maximum atomic E-state index is 13.4. The van der Waals surface area contributed by atoms with Gasteiger partial charge in [0.25, 0.3) is 0 Å². The van der Waals surface area contributed by atoms with Gasteiger partial charge in [-0.2, -0.15) is 5.10 Å². The minimum atomic E-state index is -0.609. The topological polar surface area (TPSA) is 97.7 Å². The van der Waals surface area contributed by atoms with Crippen LogP contribution in [0.3, 0.4) is 0 Å². The number of carbonyl (C=O) groups excluding carboxylic acids is 2. The van der Waals surface area contributed by atoms with Crippen molar-refractivity contribution >= 4 is 17.9 Å². The van der Waals surface area contributed by atoms with Crippen LogP contribution in [0, 0.1) is 0 Å². The number of amides is 3. The average Bonchev–Trinajstić information content (AvgIpc) is 3.60. The fourth-order valence-electron chi connectivity index (χ4n) is 5.22. The Morgan fingerprint density at radius 3 is 2.55 bits per heavy atom. The lowest BCUT2D eigenvalue weighted by Gasteiger charge is -2.24. The Balaban J connectivity index is 1.38. The first-order valence-electron chi connectivity index (χ1n) is 13.1. The zero-order valence-electron chi connectivity index (χ0n) is 22.4. The maximum Gasteiger partial charge on any atom is 0.410 e. The fourth-order valence-corrected chi connectivity index (χ4v) is 5.22. The Hall–Kier alpha value is -4.01. The molecule has 3 amide bonds. The number of ether oxygens (including phenoxy) is 2. The molecule has 0 radical (unpaired) electrons. The van der Waals surface area contributed by atoms with Gasteiger partial charge in [-0.15, -0.1) is 0 Å². The summed E-state index contributed by atoms with van der Waals surface area (Å²) in [5, 5.41) is 11.0. The van der Waals surface area contributed by atoms with E-state index < -0.39 is 11.7 Å². The molecule has 1 aromatic heterocycles. The highest BCUT2D eigenvalue weighted by Crippen LogP contribution is 2.33. The third-order valence-electron chi connectivity index (χ3n) is 6.95. The summed E-state index contributed by atoms with van der Waals surface area (Å²) in [5.74, 6) is 1.29. The van der Waals surface area contributed by atoms with E-state index in [2.05, 4.69) is 10.6 Å². The zero-order valence-corrected chi connectivity index (χ0v) is 22.4. The molecule has 0 saturated carbocycles. The van der Waals surface area contributed by atoms with Crippen molar-refractivity contribution in [1.29, 1.82) is 0 Å². The van der Waals surface area contributed by atoms with Crippen LogP contribution >= 0.6 is 0 Å². The Kier molecular flexibility index (Phi) is 7.01. The second-order valence-corrected chi connectivity index (χ2v) is 10.8. The summed E-state index contributed by atoms with van der Waals surface area (Å²) in [4.78, 5) is 28.0. The van der Waals surface area contributed by atoms with Crippen LogP contribution in [0.1, 0.15) is 49.9 Å². The smallest absolute Gasteiger partial charge is 0.410 e. The molecule has 1 aliphatic heterocycles. The number of anilines is 1. The summed E-state index contributed by atoms with van der Waals surface area (Å²) >= 11 is 0. The summed E-state index contributed by atoms with van der Waals surface area (Å²) in [6, 6.07) is 16.9. The van der Waals surface area contributed by atoms with E-state index >= 15 is 0 Å². The van der Waals surface area contributed by atoms with Crippen LogP contribution in [-0.4, -0.2) is 58.6 Å². The number of hydrogen-bond donors (Lipinski definition) is 2. The number of likely N-dealkylation sites (tertiary alicyclic amines) is 1. The van der Waals surface area contributed by atoms with Crippen molar-refractivity contribution in [2.45, 2.75) is 57.6 Å². The van der Waals surface area contributed by atoms with Gasteiger partial charge in [0.2, 0.25) is 0 Å². The molecular weight excluding hydrogens is 482 g/mol. The standard InChI is InChI=1S/C29H35N5O4/c1-29(2,3)38-28(36)33-17-23(19-10-8-13-21(16-19)37-4)25(18-33)30-27(35)31-26-22-14-9-15-24(22)32-34(26)20-11-6-5-7-12-20/h5-8,10-13,16,23,25H,9,14-15,17-18H2,1-4H3,(H2,30,31,35)/t23-,25+/m1/s1. The molecule has 2 heterocycles. The third kappa shape index (κ3) is 5.46. The van der Waals surface area contributed by atoms with E-state index in [9.17, 15) is 9.59 Å². The number of rotatable bonds is 5. The molecule has 5 rings (SSSR count). The number of aromatic nitrogens is 2. The van der Waals surface area contributed by atoms with Crippen molar-refractivity contribution in [2.75, 3.05) is 25.5 Å². The van der Waals surface area contributed by atoms with Gasteiger partial charge in [-0.3, -0.25) is 5.32 Å². The van der Waals surface area contributed by atoms with Crippen LogP contribution in [0.4, 0.5) is 15.4 Å². The Morgan fingerprint density at radius 1 is 1.03 bits per heavy atom. The summed E-state index contributed by atoms with van der Waals surface area (Å²) in [7, 11) is 1.62. The lowest BCUT2D eigenvalue weighted by molar-refractivity contribution is 0.0289. The van der Waals surface area contributed by atoms with E-state index in [-0.39, 0.29) is 18.0 Å². The normalized spacial score (nSPS) is 18.7. The minimum absolute atomic E-state index is 0.131. The van der Waals surface area contributed by atoms with Gasteiger partial charge in [0.1, 0.15) is 17.2 Å². The SMILES string of the molecule is COc1cccc([C@H]2CN(C(=O)OC(C)(C)C)C[C@@H]2NC(=O)Nc2c3c(nn2-c2ccccc2)CCC3)c1. The van der Waals surface area contributed by atoms with Gasteiger partial charge in [-0.05, 0) is 69.9 Å². The second kappa shape index (κ2) is 10.4.